The largest absolute Gasteiger partial charge is 0.399 e. The molecule has 1 heterocycles. The van der Waals surface area contributed by atoms with E-state index < -0.39 is 10.0 Å². The Morgan fingerprint density at radius 2 is 2.05 bits per heavy atom. The fraction of sp³-hybridized carbons (Fsp3) is 0.500. The van der Waals surface area contributed by atoms with Crippen LogP contribution in [0.1, 0.15) is 13.8 Å². The summed E-state index contributed by atoms with van der Waals surface area (Å²) in [4.78, 5) is 2.17. The van der Waals surface area contributed by atoms with Gasteiger partial charge in [-0.15, -0.1) is 0 Å². The van der Waals surface area contributed by atoms with Gasteiger partial charge in [-0.05, 0) is 32.0 Å². The Balaban J connectivity index is 2.45. The second kappa shape index (κ2) is 4.88. The van der Waals surface area contributed by atoms with E-state index in [1.807, 2.05) is 11.8 Å². The molecule has 1 aromatic carbocycles. The molecule has 0 amide bonds. The minimum Gasteiger partial charge on any atom is -0.399 e. The highest BCUT2D eigenvalue weighted by Gasteiger charge is 2.29. The van der Waals surface area contributed by atoms with Crippen LogP contribution < -0.4 is 15.8 Å². The molecule has 0 bridgehead atoms. The molecular formula is C12H19N3O2S2. The van der Waals surface area contributed by atoms with Crippen molar-refractivity contribution in [3.05, 3.63) is 18.2 Å². The molecule has 1 fully saturated rings. The van der Waals surface area contributed by atoms with Crippen LogP contribution in [0, 0.1) is 0 Å². The molecule has 0 unspecified atom stereocenters. The summed E-state index contributed by atoms with van der Waals surface area (Å²) in [5, 5.41) is 5.29. The fourth-order valence-electron chi connectivity index (χ4n) is 2.24. The van der Waals surface area contributed by atoms with Crippen molar-refractivity contribution in [2.75, 3.05) is 29.5 Å². The Hall–Kier alpha value is -0.920. The lowest BCUT2D eigenvalue weighted by atomic mass is 10.1. The standard InChI is InChI=1S/C12H19N3O2S2/c1-12(2)8-15(5-6-18-12)10-4-3-9(13)7-11(10)19(14,16)17/h3-4,7H,5-6,8,13H2,1-2H3,(H2,14,16,17). The van der Waals surface area contributed by atoms with Crippen molar-refractivity contribution < 1.29 is 8.42 Å². The molecule has 0 atom stereocenters. The van der Waals surface area contributed by atoms with Crippen molar-refractivity contribution in [1.82, 2.24) is 0 Å². The lowest BCUT2D eigenvalue weighted by Gasteiger charge is -2.39. The number of sulfonamides is 1. The molecule has 1 aliphatic rings. The van der Waals surface area contributed by atoms with Crippen LogP contribution in [0.5, 0.6) is 0 Å². The second-order valence-corrected chi connectivity index (χ2v) is 8.63. The summed E-state index contributed by atoms with van der Waals surface area (Å²) in [5.74, 6) is 0.960. The summed E-state index contributed by atoms with van der Waals surface area (Å²) in [6.45, 7) is 5.89. The number of nitrogens with zero attached hydrogens (tertiary/aromatic N) is 1. The maximum Gasteiger partial charge on any atom is 0.240 e. The first-order valence-corrected chi connectivity index (χ1v) is 8.53. The zero-order valence-corrected chi connectivity index (χ0v) is 12.7. The van der Waals surface area contributed by atoms with Crippen LogP contribution in [0.4, 0.5) is 11.4 Å². The average Bonchev–Trinajstić information content (AvgIpc) is 2.26. The maximum absolute atomic E-state index is 11.7. The monoisotopic (exact) mass is 301 g/mol. The Bertz CT molecular complexity index is 585. The first-order valence-electron chi connectivity index (χ1n) is 6.00. The van der Waals surface area contributed by atoms with Gasteiger partial charge in [-0.3, -0.25) is 0 Å². The number of thioether (sulfide) groups is 1. The van der Waals surface area contributed by atoms with Gasteiger partial charge in [0.15, 0.2) is 0 Å². The summed E-state index contributed by atoms with van der Waals surface area (Å²) in [6, 6.07) is 4.87. The first-order chi connectivity index (χ1) is 8.69. The van der Waals surface area contributed by atoms with Gasteiger partial charge in [-0.1, -0.05) is 0 Å². The second-order valence-electron chi connectivity index (χ2n) is 5.30. The van der Waals surface area contributed by atoms with E-state index in [0.717, 1.165) is 18.8 Å². The van der Waals surface area contributed by atoms with E-state index in [0.29, 0.717) is 11.4 Å². The summed E-state index contributed by atoms with van der Waals surface area (Å²) < 4.78 is 23.5. The topological polar surface area (TPSA) is 89.4 Å². The quantitative estimate of drug-likeness (QED) is 0.802. The van der Waals surface area contributed by atoms with Crippen LogP contribution in [-0.4, -0.2) is 32.0 Å². The van der Waals surface area contributed by atoms with Gasteiger partial charge < -0.3 is 10.6 Å². The molecule has 19 heavy (non-hydrogen) atoms. The lowest BCUT2D eigenvalue weighted by molar-refractivity contribution is 0.595. The molecule has 1 aliphatic heterocycles. The van der Waals surface area contributed by atoms with Crippen LogP contribution >= 0.6 is 11.8 Å². The van der Waals surface area contributed by atoms with Gasteiger partial charge in [0.05, 0.1) is 5.69 Å². The van der Waals surface area contributed by atoms with Crippen molar-refractivity contribution in [3.63, 3.8) is 0 Å². The number of hydrogen-bond acceptors (Lipinski definition) is 5. The van der Waals surface area contributed by atoms with E-state index in [1.54, 1.807) is 12.1 Å². The first kappa shape index (κ1) is 14.5. The Morgan fingerprint density at radius 3 is 2.63 bits per heavy atom. The Morgan fingerprint density at radius 1 is 1.37 bits per heavy atom. The van der Waals surface area contributed by atoms with Gasteiger partial charge >= 0.3 is 0 Å². The van der Waals surface area contributed by atoms with Gasteiger partial charge in [0.2, 0.25) is 10.0 Å². The van der Waals surface area contributed by atoms with Crippen LogP contribution in [0.2, 0.25) is 0 Å². The predicted molar refractivity (Wildman–Crippen MR) is 81.0 cm³/mol. The van der Waals surface area contributed by atoms with E-state index in [2.05, 4.69) is 18.7 Å². The summed E-state index contributed by atoms with van der Waals surface area (Å²) in [5.41, 5.74) is 6.71. The predicted octanol–water partition coefficient (Wildman–Crippen LogP) is 1.25. The van der Waals surface area contributed by atoms with Crippen molar-refractivity contribution in [2.45, 2.75) is 23.5 Å². The molecule has 2 rings (SSSR count). The molecule has 4 N–H and O–H groups in total. The third kappa shape index (κ3) is 3.34. The SMILES string of the molecule is CC1(C)CN(c2ccc(N)cc2S(N)(=O)=O)CCS1. The molecule has 7 heteroatoms. The molecule has 106 valence electrons. The average molecular weight is 301 g/mol. The zero-order valence-electron chi connectivity index (χ0n) is 11.1. The van der Waals surface area contributed by atoms with Crippen LogP contribution in [0.3, 0.4) is 0 Å². The van der Waals surface area contributed by atoms with Gasteiger partial charge in [-0.25, -0.2) is 13.6 Å². The number of nitrogen functional groups attached to an aromatic ring is 1. The van der Waals surface area contributed by atoms with E-state index >= 15 is 0 Å². The summed E-state index contributed by atoms with van der Waals surface area (Å²) in [6.07, 6.45) is 0. The van der Waals surface area contributed by atoms with E-state index in [9.17, 15) is 8.42 Å². The van der Waals surface area contributed by atoms with Crippen molar-refractivity contribution in [3.8, 4) is 0 Å². The number of anilines is 2. The highest BCUT2D eigenvalue weighted by atomic mass is 32.2. The zero-order chi connectivity index (χ0) is 14.3. The summed E-state index contributed by atoms with van der Waals surface area (Å²) in [7, 11) is -3.77. The molecule has 0 aromatic heterocycles. The number of hydrogen-bond donors (Lipinski definition) is 2. The van der Waals surface area contributed by atoms with Gasteiger partial charge in [0, 0.05) is 29.3 Å². The van der Waals surface area contributed by atoms with E-state index in [4.69, 9.17) is 10.9 Å². The molecule has 1 saturated heterocycles. The molecule has 0 radical (unpaired) electrons. The van der Waals surface area contributed by atoms with Gasteiger partial charge in [0.25, 0.3) is 0 Å². The highest BCUT2D eigenvalue weighted by Crippen LogP contribution is 2.35. The molecule has 0 spiro atoms. The third-order valence-electron chi connectivity index (χ3n) is 3.06. The highest BCUT2D eigenvalue weighted by molar-refractivity contribution is 8.00. The molecule has 5 nitrogen and oxygen atoms in total. The van der Waals surface area contributed by atoms with Gasteiger partial charge in [-0.2, -0.15) is 11.8 Å². The maximum atomic E-state index is 11.7. The molecule has 0 saturated carbocycles. The van der Waals surface area contributed by atoms with Crippen molar-refractivity contribution in [1.29, 1.82) is 0 Å². The summed E-state index contributed by atoms with van der Waals surface area (Å²) >= 11 is 1.89. The number of benzene rings is 1. The Kier molecular flexibility index (Phi) is 3.72. The number of rotatable bonds is 2. The van der Waals surface area contributed by atoms with Gasteiger partial charge in [0.1, 0.15) is 4.90 Å². The van der Waals surface area contributed by atoms with E-state index in [-0.39, 0.29) is 9.64 Å². The van der Waals surface area contributed by atoms with Crippen molar-refractivity contribution in [2.24, 2.45) is 5.14 Å². The molecular weight excluding hydrogens is 282 g/mol. The third-order valence-corrected chi connectivity index (χ3v) is 5.29. The lowest BCUT2D eigenvalue weighted by Crippen LogP contribution is -2.43. The van der Waals surface area contributed by atoms with E-state index in [1.165, 1.54) is 6.07 Å². The minimum atomic E-state index is -3.77. The Labute approximate surface area is 118 Å². The number of nitrogens with two attached hydrogens (primary N) is 2. The van der Waals surface area contributed by atoms with Crippen molar-refractivity contribution >= 4 is 33.2 Å². The molecule has 0 aliphatic carbocycles. The van der Waals surface area contributed by atoms with Crippen LogP contribution in [0.15, 0.2) is 23.1 Å². The normalized spacial score (nSPS) is 19.4. The smallest absolute Gasteiger partial charge is 0.240 e. The fourth-order valence-corrected chi connectivity index (χ4v) is 4.14. The molecule has 1 aromatic rings. The van der Waals surface area contributed by atoms with Crippen LogP contribution in [0.25, 0.3) is 0 Å². The van der Waals surface area contributed by atoms with Crippen LogP contribution in [-0.2, 0) is 10.0 Å². The minimum absolute atomic E-state index is 0.0925. The number of primary sulfonamides is 1.